The Morgan fingerprint density at radius 1 is 1.06 bits per heavy atom. The number of thioether (sulfide) groups is 1. The quantitative estimate of drug-likeness (QED) is 0.415. The van der Waals surface area contributed by atoms with E-state index in [1.165, 1.54) is 17.7 Å². The molecular formula is C24H29FN4OS2. The number of likely N-dealkylation sites (tertiary alicyclic amines) is 1. The third-order valence-corrected chi connectivity index (χ3v) is 8.15. The van der Waals surface area contributed by atoms with Gasteiger partial charge in [0.05, 0.1) is 12.6 Å². The number of ether oxygens (including phenoxy) is 1. The molecule has 3 aromatic rings. The van der Waals surface area contributed by atoms with Gasteiger partial charge >= 0.3 is 0 Å². The van der Waals surface area contributed by atoms with Crippen LogP contribution in [0.3, 0.4) is 0 Å². The molecular weight excluding hydrogens is 443 g/mol. The van der Waals surface area contributed by atoms with E-state index < -0.39 is 0 Å². The lowest BCUT2D eigenvalue weighted by Gasteiger charge is -2.31. The zero-order valence-electron chi connectivity index (χ0n) is 18.2. The van der Waals surface area contributed by atoms with Crippen molar-refractivity contribution in [3.8, 4) is 0 Å². The summed E-state index contributed by atoms with van der Waals surface area (Å²) in [6.45, 7) is 4.89. The molecule has 8 heteroatoms. The largest absolute Gasteiger partial charge is 0.376 e. The molecule has 0 bridgehead atoms. The second kappa shape index (κ2) is 10.5. The third-order valence-electron chi connectivity index (χ3n) is 6.38. The van der Waals surface area contributed by atoms with Gasteiger partial charge in [-0.2, -0.15) is 11.3 Å². The molecule has 1 unspecified atom stereocenters. The van der Waals surface area contributed by atoms with E-state index in [1.807, 2.05) is 12.1 Å². The Morgan fingerprint density at radius 2 is 1.91 bits per heavy atom. The van der Waals surface area contributed by atoms with Crippen LogP contribution in [-0.2, 0) is 23.6 Å². The van der Waals surface area contributed by atoms with Crippen LogP contribution in [-0.4, -0.2) is 45.5 Å². The van der Waals surface area contributed by atoms with Crippen molar-refractivity contribution < 1.29 is 9.13 Å². The molecule has 0 N–H and O–H groups in total. The Morgan fingerprint density at radius 3 is 2.62 bits per heavy atom. The molecule has 0 amide bonds. The maximum atomic E-state index is 13.2. The molecule has 5 rings (SSSR count). The lowest BCUT2D eigenvalue weighted by Crippen LogP contribution is -2.33. The molecule has 2 aromatic heterocycles. The normalized spacial score (nSPS) is 20.2. The third kappa shape index (κ3) is 5.42. The van der Waals surface area contributed by atoms with Crippen LogP contribution in [0.1, 0.15) is 48.6 Å². The molecule has 0 radical (unpaired) electrons. The van der Waals surface area contributed by atoms with Gasteiger partial charge in [0.1, 0.15) is 11.6 Å². The van der Waals surface area contributed by atoms with Gasteiger partial charge in [0.25, 0.3) is 0 Å². The smallest absolute Gasteiger partial charge is 0.191 e. The molecule has 2 fully saturated rings. The van der Waals surface area contributed by atoms with E-state index in [1.54, 1.807) is 23.1 Å². The summed E-state index contributed by atoms with van der Waals surface area (Å²) in [6.07, 6.45) is 4.68. The van der Waals surface area contributed by atoms with Crippen LogP contribution < -0.4 is 0 Å². The molecule has 4 heterocycles. The maximum Gasteiger partial charge on any atom is 0.191 e. The first kappa shape index (κ1) is 22.1. The number of nitrogens with zero attached hydrogens (tertiary/aromatic N) is 4. The summed E-state index contributed by atoms with van der Waals surface area (Å²) in [5.41, 5.74) is 2.50. The lowest BCUT2D eigenvalue weighted by atomic mass is 9.95. The molecule has 0 spiro atoms. The Bertz CT molecular complexity index is 978. The highest BCUT2D eigenvalue weighted by atomic mass is 32.2. The van der Waals surface area contributed by atoms with Gasteiger partial charge in [-0.15, -0.1) is 10.2 Å². The molecule has 2 aliphatic rings. The second-order valence-electron chi connectivity index (χ2n) is 8.68. The van der Waals surface area contributed by atoms with Gasteiger partial charge in [0.2, 0.25) is 0 Å². The van der Waals surface area contributed by atoms with Crippen molar-refractivity contribution in [1.82, 2.24) is 19.7 Å². The summed E-state index contributed by atoms with van der Waals surface area (Å²) < 4.78 is 21.5. The summed E-state index contributed by atoms with van der Waals surface area (Å²) in [4.78, 5) is 2.55. The number of thiophene rings is 1. The summed E-state index contributed by atoms with van der Waals surface area (Å²) in [5.74, 6) is 2.09. The topological polar surface area (TPSA) is 43.2 Å². The first-order valence-electron chi connectivity index (χ1n) is 11.4. The van der Waals surface area contributed by atoms with Crippen molar-refractivity contribution in [3.63, 3.8) is 0 Å². The highest BCUT2D eigenvalue weighted by molar-refractivity contribution is 7.98. The highest BCUT2D eigenvalue weighted by Gasteiger charge is 2.28. The van der Waals surface area contributed by atoms with Gasteiger partial charge in [-0.05, 0) is 78.9 Å². The van der Waals surface area contributed by atoms with E-state index in [9.17, 15) is 4.39 Å². The van der Waals surface area contributed by atoms with Gasteiger partial charge in [-0.25, -0.2) is 4.39 Å². The number of rotatable bonds is 8. The Labute approximate surface area is 197 Å². The van der Waals surface area contributed by atoms with Gasteiger partial charge in [0.15, 0.2) is 5.16 Å². The van der Waals surface area contributed by atoms with E-state index in [2.05, 4.69) is 36.5 Å². The first-order chi connectivity index (χ1) is 15.7. The number of hydrogen-bond donors (Lipinski definition) is 0. The van der Waals surface area contributed by atoms with E-state index in [-0.39, 0.29) is 11.9 Å². The fourth-order valence-electron chi connectivity index (χ4n) is 4.59. The summed E-state index contributed by atoms with van der Waals surface area (Å²) >= 11 is 3.45. The monoisotopic (exact) mass is 472 g/mol. The minimum atomic E-state index is -0.201. The fourth-order valence-corrected chi connectivity index (χ4v) is 6.16. The molecule has 32 heavy (non-hydrogen) atoms. The van der Waals surface area contributed by atoms with Crippen LogP contribution >= 0.6 is 23.1 Å². The predicted octanol–water partition coefficient (Wildman–Crippen LogP) is 5.33. The average Bonchev–Trinajstić information content (AvgIpc) is 3.58. The van der Waals surface area contributed by atoms with Crippen LogP contribution in [0.2, 0.25) is 0 Å². The summed E-state index contributed by atoms with van der Waals surface area (Å²) in [5, 5.41) is 14.6. The number of piperidine rings is 1. The second-order valence-corrected chi connectivity index (χ2v) is 10.4. The van der Waals surface area contributed by atoms with Gasteiger partial charge in [-0.3, -0.25) is 4.90 Å². The Kier molecular flexibility index (Phi) is 7.22. The highest BCUT2D eigenvalue weighted by Crippen LogP contribution is 2.32. The van der Waals surface area contributed by atoms with E-state index in [4.69, 9.17) is 4.74 Å². The van der Waals surface area contributed by atoms with Crippen molar-refractivity contribution in [2.75, 3.05) is 19.7 Å². The fraction of sp³-hybridized carbons (Fsp3) is 0.500. The van der Waals surface area contributed by atoms with Crippen molar-refractivity contribution in [2.24, 2.45) is 0 Å². The SMILES string of the molecule is Fc1ccc(CSc2nnc(C3CCN(Cc4ccsc4)CC3)n2CC2CCCO2)cc1. The number of hydrogen-bond acceptors (Lipinski definition) is 6. The molecule has 1 atom stereocenters. The minimum Gasteiger partial charge on any atom is -0.376 e. The zero-order valence-corrected chi connectivity index (χ0v) is 19.8. The van der Waals surface area contributed by atoms with Gasteiger partial charge < -0.3 is 9.30 Å². The van der Waals surface area contributed by atoms with Crippen molar-refractivity contribution in [1.29, 1.82) is 0 Å². The molecule has 0 aliphatic carbocycles. The summed E-state index contributed by atoms with van der Waals surface area (Å²) in [6, 6.07) is 8.94. The number of benzene rings is 1. The van der Waals surface area contributed by atoms with E-state index in [0.717, 1.165) is 80.8 Å². The number of aromatic nitrogens is 3. The molecule has 0 saturated carbocycles. The van der Waals surface area contributed by atoms with Crippen LogP contribution in [0.4, 0.5) is 4.39 Å². The predicted molar refractivity (Wildman–Crippen MR) is 127 cm³/mol. The van der Waals surface area contributed by atoms with E-state index >= 15 is 0 Å². The Hall–Kier alpha value is -1.74. The molecule has 5 nitrogen and oxygen atoms in total. The van der Waals surface area contributed by atoms with E-state index in [0.29, 0.717) is 5.92 Å². The van der Waals surface area contributed by atoms with Crippen LogP contribution in [0, 0.1) is 5.82 Å². The molecule has 2 saturated heterocycles. The molecule has 170 valence electrons. The van der Waals surface area contributed by atoms with Gasteiger partial charge in [-0.1, -0.05) is 23.9 Å². The average molecular weight is 473 g/mol. The zero-order chi connectivity index (χ0) is 21.8. The van der Waals surface area contributed by atoms with Crippen LogP contribution in [0.5, 0.6) is 0 Å². The molecule has 1 aromatic carbocycles. The first-order valence-corrected chi connectivity index (χ1v) is 13.3. The van der Waals surface area contributed by atoms with Crippen molar-refractivity contribution >= 4 is 23.1 Å². The van der Waals surface area contributed by atoms with Gasteiger partial charge in [0, 0.05) is 24.8 Å². The minimum absolute atomic E-state index is 0.201. The maximum absolute atomic E-state index is 13.2. The van der Waals surface area contributed by atoms with Crippen LogP contribution in [0.25, 0.3) is 0 Å². The standard InChI is InChI=1S/C24H29FN4OS2/c25-21-5-3-18(4-6-21)17-32-24-27-26-23(29(24)15-22-2-1-12-30-22)20-7-10-28(11-8-20)14-19-9-13-31-16-19/h3-6,9,13,16,20,22H,1-2,7-8,10-12,14-15,17H2. The number of halogens is 1. The summed E-state index contributed by atoms with van der Waals surface area (Å²) in [7, 11) is 0. The van der Waals surface area contributed by atoms with Crippen molar-refractivity contribution in [2.45, 2.75) is 61.7 Å². The Balaban J connectivity index is 1.27. The lowest BCUT2D eigenvalue weighted by molar-refractivity contribution is 0.0931. The van der Waals surface area contributed by atoms with Crippen LogP contribution in [0.15, 0.2) is 46.2 Å². The van der Waals surface area contributed by atoms with Crippen molar-refractivity contribution in [3.05, 3.63) is 63.9 Å². The molecule has 2 aliphatic heterocycles.